The summed E-state index contributed by atoms with van der Waals surface area (Å²) in [5, 5.41) is 11.5. The van der Waals surface area contributed by atoms with E-state index >= 15 is 0 Å². The Morgan fingerprint density at radius 2 is 1.71 bits per heavy atom. The highest BCUT2D eigenvalue weighted by atomic mass is 16.6. The maximum absolute atomic E-state index is 13.0. The quantitative estimate of drug-likeness (QED) is 0.481. The first-order valence-electron chi connectivity index (χ1n) is 8.88. The molecule has 28 heavy (non-hydrogen) atoms. The molecular formula is C20H24N2O6. The second kappa shape index (κ2) is 9.59. The van der Waals surface area contributed by atoms with Crippen molar-refractivity contribution in [3.05, 3.63) is 57.6 Å². The van der Waals surface area contributed by atoms with Crippen LogP contribution in [0.4, 0.5) is 5.69 Å². The Bertz CT molecular complexity index is 853. The minimum Gasteiger partial charge on any atom is -0.494 e. The van der Waals surface area contributed by atoms with Gasteiger partial charge in [0.15, 0.2) is 11.5 Å². The van der Waals surface area contributed by atoms with E-state index in [1.807, 2.05) is 31.2 Å². The summed E-state index contributed by atoms with van der Waals surface area (Å²) in [7, 11) is 2.97. The fraction of sp³-hybridized carbons (Fsp3) is 0.350. The molecule has 8 heteroatoms. The molecule has 150 valence electrons. The van der Waals surface area contributed by atoms with Gasteiger partial charge < -0.3 is 19.1 Å². The molecule has 0 spiro atoms. The monoisotopic (exact) mass is 388 g/mol. The van der Waals surface area contributed by atoms with E-state index in [0.29, 0.717) is 19.0 Å². The molecular weight excluding hydrogens is 364 g/mol. The van der Waals surface area contributed by atoms with Crippen molar-refractivity contribution in [2.45, 2.75) is 20.4 Å². The van der Waals surface area contributed by atoms with Crippen LogP contribution in [0.15, 0.2) is 36.4 Å². The second-order valence-corrected chi connectivity index (χ2v) is 5.91. The molecule has 0 radical (unpaired) electrons. The number of ether oxygens (including phenoxy) is 3. The molecule has 2 rings (SSSR count). The summed E-state index contributed by atoms with van der Waals surface area (Å²) in [6.07, 6.45) is 0. The third-order valence-electron chi connectivity index (χ3n) is 4.04. The molecule has 0 heterocycles. The lowest BCUT2D eigenvalue weighted by Crippen LogP contribution is -2.27. The van der Waals surface area contributed by atoms with Crippen LogP contribution in [0.25, 0.3) is 0 Å². The molecule has 0 bridgehead atoms. The van der Waals surface area contributed by atoms with Gasteiger partial charge in [0.2, 0.25) is 0 Å². The van der Waals surface area contributed by atoms with Gasteiger partial charge in [-0.15, -0.1) is 0 Å². The smallest absolute Gasteiger partial charge is 0.286 e. The maximum Gasteiger partial charge on any atom is 0.286 e. The fourth-order valence-corrected chi connectivity index (χ4v) is 2.76. The Morgan fingerprint density at radius 1 is 1.07 bits per heavy atom. The van der Waals surface area contributed by atoms with E-state index in [1.54, 1.807) is 14.0 Å². The minimum absolute atomic E-state index is 0.0642. The predicted molar refractivity (Wildman–Crippen MR) is 104 cm³/mol. The summed E-state index contributed by atoms with van der Waals surface area (Å²) in [5.74, 6) is 0.655. The molecule has 2 aromatic rings. The summed E-state index contributed by atoms with van der Waals surface area (Å²) in [5.41, 5.74) is 0.405. The molecule has 0 saturated heterocycles. The van der Waals surface area contributed by atoms with Crippen LogP contribution in [0.5, 0.6) is 17.2 Å². The molecule has 0 aliphatic heterocycles. The number of carbonyl (C=O) groups is 1. The number of hydrogen-bond acceptors (Lipinski definition) is 6. The number of para-hydroxylation sites is 1. The van der Waals surface area contributed by atoms with Gasteiger partial charge in [0, 0.05) is 25.2 Å². The van der Waals surface area contributed by atoms with Crippen molar-refractivity contribution < 1.29 is 23.9 Å². The van der Waals surface area contributed by atoms with Crippen molar-refractivity contribution >= 4 is 11.6 Å². The van der Waals surface area contributed by atoms with Crippen LogP contribution >= 0.6 is 0 Å². The van der Waals surface area contributed by atoms with Gasteiger partial charge >= 0.3 is 0 Å². The van der Waals surface area contributed by atoms with Gasteiger partial charge in [-0.3, -0.25) is 14.9 Å². The Hall–Kier alpha value is -3.29. The molecule has 0 saturated carbocycles. The lowest BCUT2D eigenvalue weighted by atomic mass is 10.1. The molecule has 0 aliphatic rings. The highest BCUT2D eigenvalue weighted by molar-refractivity contribution is 5.99. The number of amides is 1. The van der Waals surface area contributed by atoms with Crippen molar-refractivity contribution in [1.82, 2.24) is 4.90 Å². The average molecular weight is 388 g/mol. The molecule has 0 N–H and O–H groups in total. The van der Waals surface area contributed by atoms with Crippen molar-refractivity contribution in [2.75, 3.05) is 27.4 Å². The highest BCUT2D eigenvalue weighted by Gasteiger charge is 2.27. The number of benzene rings is 2. The fourth-order valence-electron chi connectivity index (χ4n) is 2.76. The van der Waals surface area contributed by atoms with Crippen LogP contribution in [-0.4, -0.2) is 43.1 Å². The normalized spacial score (nSPS) is 10.3. The summed E-state index contributed by atoms with van der Waals surface area (Å²) >= 11 is 0. The predicted octanol–water partition coefficient (Wildman–Crippen LogP) is 3.67. The first kappa shape index (κ1) is 21.0. The summed E-state index contributed by atoms with van der Waals surface area (Å²) in [6, 6.07) is 9.93. The van der Waals surface area contributed by atoms with Crippen molar-refractivity contribution in [3.63, 3.8) is 0 Å². The summed E-state index contributed by atoms with van der Waals surface area (Å²) in [4.78, 5) is 25.3. The van der Waals surface area contributed by atoms with E-state index in [0.717, 1.165) is 5.56 Å². The molecule has 0 atom stereocenters. The van der Waals surface area contributed by atoms with Crippen molar-refractivity contribution in [1.29, 1.82) is 0 Å². The zero-order chi connectivity index (χ0) is 20.7. The van der Waals surface area contributed by atoms with E-state index < -0.39 is 10.8 Å². The van der Waals surface area contributed by atoms with Crippen molar-refractivity contribution in [3.8, 4) is 17.2 Å². The van der Waals surface area contributed by atoms with E-state index in [9.17, 15) is 14.9 Å². The van der Waals surface area contributed by atoms with Crippen LogP contribution in [-0.2, 0) is 6.54 Å². The van der Waals surface area contributed by atoms with E-state index in [4.69, 9.17) is 14.2 Å². The summed E-state index contributed by atoms with van der Waals surface area (Å²) < 4.78 is 16.2. The van der Waals surface area contributed by atoms with E-state index in [1.165, 1.54) is 24.1 Å². The summed E-state index contributed by atoms with van der Waals surface area (Å²) in [6.45, 7) is 4.72. The average Bonchev–Trinajstić information content (AvgIpc) is 2.68. The van der Waals surface area contributed by atoms with Gasteiger partial charge in [-0.2, -0.15) is 0 Å². The maximum atomic E-state index is 13.0. The lowest BCUT2D eigenvalue weighted by molar-refractivity contribution is -0.385. The Labute approximate surface area is 163 Å². The van der Waals surface area contributed by atoms with Crippen molar-refractivity contribution in [2.24, 2.45) is 0 Å². The number of methoxy groups -OCH3 is 1. The molecule has 0 aromatic heterocycles. The SMILES string of the molecule is CCOc1ccccc1CN(C)C(=O)c1cc(OCC)c(OC)cc1[N+](=O)[O-]. The number of nitro groups is 1. The minimum atomic E-state index is -0.604. The largest absolute Gasteiger partial charge is 0.494 e. The van der Waals surface area contributed by atoms with Crippen LogP contribution in [0.3, 0.4) is 0 Å². The van der Waals surface area contributed by atoms with Crippen LogP contribution in [0.1, 0.15) is 29.8 Å². The number of carbonyl (C=O) groups excluding carboxylic acids is 1. The Kier molecular flexibility index (Phi) is 7.20. The standard InChI is InChI=1S/C20H24N2O6/c1-5-27-17-10-8-7-9-14(17)13-21(3)20(23)15-11-19(28-6-2)18(26-4)12-16(15)22(24)25/h7-12H,5-6,13H2,1-4H3. The van der Waals surface area contributed by atoms with Crippen LogP contribution in [0.2, 0.25) is 0 Å². The zero-order valence-electron chi connectivity index (χ0n) is 16.4. The van der Waals surface area contributed by atoms with E-state index in [-0.39, 0.29) is 29.3 Å². The van der Waals surface area contributed by atoms with E-state index in [2.05, 4.69) is 0 Å². The second-order valence-electron chi connectivity index (χ2n) is 5.91. The highest BCUT2D eigenvalue weighted by Crippen LogP contribution is 2.35. The van der Waals surface area contributed by atoms with Gasteiger partial charge in [0.25, 0.3) is 11.6 Å². The lowest BCUT2D eigenvalue weighted by Gasteiger charge is -2.20. The molecule has 0 fully saturated rings. The molecule has 0 unspecified atom stereocenters. The van der Waals surface area contributed by atoms with Gasteiger partial charge in [-0.05, 0) is 19.9 Å². The van der Waals surface area contributed by atoms with Gasteiger partial charge in [0.1, 0.15) is 11.3 Å². The third kappa shape index (κ3) is 4.70. The topological polar surface area (TPSA) is 91.1 Å². The number of nitrogens with zero attached hydrogens (tertiary/aromatic N) is 2. The third-order valence-corrected chi connectivity index (χ3v) is 4.04. The Morgan fingerprint density at radius 3 is 2.32 bits per heavy atom. The first-order valence-corrected chi connectivity index (χ1v) is 8.88. The first-order chi connectivity index (χ1) is 13.4. The molecule has 8 nitrogen and oxygen atoms in total. The number of hydrogen-bond donors (Lipinski definition) is 0. The zero-order valence-corrected chi connectivity index (χ0v) is 16.4. The van der Waals surface area contributed by atoms with Crippen LogP contribution in [0, 0.1) is 10.1 Å². The van der Waals surface area contributed by atoms with Crippen LogP contribution < -0.4 is 14.2 Å². The van der Waals surface area contributed by atoms with Gasteiger partial charge in [-0.25, -0.2) is 0 Å². The molecule has 0 aliphatic carbocycles. The molecule has 2 aromatic carbocycles. The van der Waals surface area contributed by atoms with Gasteiger partial charge in [-0.1, -0.05) is 18.2 Å². The Balaban J connectivity index is 2.39. The number of nitro benzene ring substituents is 1. The van der Waals surface area contributed by atoms with Gasteiger partial charge in [0.05, 0.1) is 31.3 Å². The number of rotatable bonds is 9. The molecule has 1 amide bonds.